The van der Waals surface area contributed by atoms with Crippen LogP contribution in [0.4, 0.5) is 5.95 Å². The Balaban J connectivity index is 1.41. The molecule has 3 aromatic heterocycles. The maximum atomic E-state index is 13.2. The molecule has 0 saturated heterocycles. The van der Waals surface area contributed by atoms with Crippen LogP contribution in [0.15, 0.2) is 53.5 Å². The molecule has 4 heterocycles. The van der Waals surface area contributed by atoms with Gasteiger partial charge in [-0.05, 0) is 29.8 Å². The molecule has 0 fully saturated rings. The van der Waals surface area contributed by atoms with Crippen molar-refractivity contribution in [2.45, 2.75) is 18.5 Å². The SMILES string of the molecule is COn1c(NC(Cl)c2ccc(Cl)cc2)nc2c(c1=O)CN(C(=O)c1cc3cccnc3s1)CC2. The minimum Gasteiger partial charge on any atom is -0.411 e. The summed E-state index contributed by atoms with van der Waals surface area (Å²) in [7, 11) is 1.38. The van der Waals surface area contributed by atoms with Crippen molar-refractivity contribution in [1.82, 2.24) is 19.6 Å². The van der Waals surface area contributed by atoms with Crippen molar-refractivity contribution in [3.63, 3.8) is 0 Å². The molecule has 0 saturated carbocycles. The molecular weight excluding hydrogens is 497 g/mol. The highest BCUT2D eigenvalue weighted by atomic mass is 35.5. The first-order chi connectivity index (χ1) is 16.4. The predicted octanol–water partition coefficient (Wildman–Crippen LogP) is 4.11. The first-order valence-electron chi connectivity index (χ1n) is 10.4. The fraction of sp³-hybridized carbons (Fsp3) is 0.217. The molecule has 1 aliphatic rings. The number of alkyl halides is 1. The Bertz CT molecular complexity index is 1400. The Kier molecular flexibility index (Phi) is 6.16. The van der Waals surface area contributed by atoms with E-state index in [1.54, 1.807) is 35.4 Å². The highest BCUT2D eigenvalue weighted by Crippen LogP contribution is 2.27. The van der Waals surface area contributed by atoms with E-state index in [2.05, 4.69) is 15.3 Å². The Morgan fingerprint density at radius 2 is 2.06 bits per heavy atom. The van der Waals surface area contributed by atoms with Crippen molar-refractivity contribution in [3.05, 3.63) is 85.7 Å². The quantitative estimate of drug-likeness (QED) is 0.317. The Morgan fingerprint density at radius 1 is 1.26 bits per heavy atom. The summed E-state index contributed by atoms with van der Waals surface area (Å²) >= 11 is 13.8. The molecular formula is C23H19Cl2N5O3S. The zero-order valence-electron chi connectivity index (χ0n) is 18.0. The summed E-state index contributed by atoms with van der Waals surface area (Å²) < 4.78 is 1.06. The maximum Gasteiger partial charge on any atom is 0.293 e. The number of pyridine rings is 1. The zero-order chi connectivity index (χ0) is 23.8. The van der Waals surface area contributed by atoms with Crippen LogP contribution in [0.25, 0.3) is 10.2 Å². The monoisotopic (exact) mass is 515 g/mol. The van der Waals surface area contributed by atoms with E-state index in [0.29, 0.717) is 34.1 Å². The molecule has 1 N–H and O–H groups in total. The molecule has 1 unspecified atom stereocenters. The molecule has 0 spiro atoms. The van der Waals surface area contributed by atoms with E-state index < -0.39 is 5.50 Å². The minimum atomic E-state index is -0.660. The van der Waals surface area contributed by atoms with Crippen molar-refractivity contribution < 1.29 is 9.63 Å². The van der Waals surface area contributed by atoms with Gasteiger partial charge in [0.25, 0.3) is 11.5 Å². The van der Waals surface area contributed by atoms with Crippen LogP contribution in [0.5, 0.6) is 0 Å². The average Bonchev–Trinajstić information content (AvgIpc) is 3.28. The van der Waals surface area contributed by atoms with Crippen molar-refractivity contribution >= 4 is 56.6 Å². The van der Waals surface area contributed by atoms with E-state index in [1.165, 1.54) is 18.4 Å². The molecule has 1 atom stereocenters. The lowest BCUT2D eigenvalue weighted by molar-refractivity contribution is 0.0733. The number of amides is 1. The van der Waals surface area contributed by atoms with Gasteiger partial charge in [-0.1, -0.05) is 41.4 Å². The normalized spacial score (nSPS) is 14.0. The lowest BCUT2D eigenvalue weighted by Gasteiger charge is -2.28. The van der Waals surface area contributed by atoms with Gasteiger partial charge in [0.05, 0.1) is 22.7 Å². The predicted molar refractivity (Wildman–Crippen MR) is 133 cm³/mol. The van der Waals surface area contributed by atoms with E-state index in [9.17, 15) is 9.59 Å². The van der Waals surface area contributed by atoms with Gasteiger partial charge in [0.15, 0.2) is 0 Å². The van der Waals surface area contributed by atoms with Gasteiger partial charge in [-0.2, -0.15) is 0 Å². The van der Waals surface area contributed by atoms with Crippen LogP contribution in [0.3, 0.4) is 0 Å². The number of nitrogens with one attached hydrogen (secondary N) is 1. The number of nitrogens with zero attached hydrogens (tertiary/aromatic N) is 4. The van der Waals surface area contributed by atoms with Gasteiger partial charge < -0.3 is 15.1 Å². The Morgan fingerprint density at radius 3 is 2.79 bits per heavy atom. The third-order valence-corrected chi connectivity index (χ3v) is 7.24. The summed E-state index contributed by atoms with van der Waals surface area (Å²) in [6.07, 6.45) is 2.14. The fourth-order valence-corrected chi connectivity index (χ4v) is 5.19. The molecule has 1 amide bonds. The molecule has 0 radical (unpaired) electrons. The summed E-state index contributed by atoms with van der Waals surface area (Å²) in [5, 5.41) is 4.54. The molecule has 0 bridgehead atoms. The maximum absolute atomic E-state index is 13.2. The van der Waals surface area contributed by atoms with Crippen molar-refractivity contribution in [2.24, 2.45) is 0 Å². The van der Waals surface area contributed by atoms with E-state index in [-0.39, 0.29) is 24.0 Å². The van der Waals surface area contributed by atoms with Gasteiger partial charge in [0.1, 0.15) is 17.4 Å². The first-order valence-corrected chi connectivity index (χ1v) is 12.1. The van der Waals surface area contributed by atoms with Crippen LogP contribution in [0.1, 0.15) is 32.0 Å². The molecule has 11 heteroatoms. The second kappa shape index (κ2) is 9.25. The molecule has 0 aliphatic carbocycles. The van der Waals surface area contributed by atoms with Crippen molar-refractivity contribution in [2.75, 3.05) is 19.0 Å². The van der Waals surface area contributed by atoms with Gasteiger partial charge in [0, 0.05) is 29.6 Å². The van der Waals surface area contributed by atoms with Crippen LogP contribution in [-0.2, 0) is 13.0 Å². The summed E-state index contributed by atoms with van der Waals surface area (Å²) in [5.41, 5.74) is 0.749. The third-order valence-electron chi connectivity index (χ3n) is 5.58. The lowest BCUT2D eigenvalue weighted by Crippen LogP contribution is -2.42. The van der Waals surface area contributed by atoms with Crippen LogP contribution < -0.4 is 15.7 Å². The third kappa shape index (κ3) is 4.22. The number of aromatic nitrogens is 3. The Labute approximate surface area is 208 Å². The number of thiophene rings is 1. The van der Waals surface area contributed by atoms with Gasteiger partial charge in [-0.15, -0.1) is 16.1 Å². The van der Waals surface area contributed by atoms with E-state index in [0.717, 1.165) is 20.5 Å². The largest absolute Gasteiger partial charge is 0.411 e. The number of carbonyl (C=O) groups excluding carboxylic acids is 1. The molecule has 34 heavy (non-hydrogen) atoms. The lowest BCUT2D eigenvalue weighted by atomic mass is 10.1. The summed E-state index contributed by atoms with van der Waals surface area (Å²) in [6, 6.07) is 12.6. The van der Waals surface area contributed by atoms with Crippen LogP contribution in [0, 0.1) is 0 Å². The number of carbonyl (C=O) groups is 1. The number of hydrogen-bond acceptors (Lipinski definition) is 7. The van der Waals surface area contributed by atoms with E-state index in [1.807, 2.05) is 18.2 Å². The van der Waals surface area contributed by atoms with Crippen molar-refractivity contribution in [3.8, 4) is 0 Å². The summed E-state index contributed by atoms with van der Waals surface area (Å²) in [5.74, 6) is 0.0549. The smallest absolute Gasteiger partial charge is 0.293 e. The van der Waals surface area contributed by atoms with E-state index >= 15 is 0 Å². The second-order valence-corrected chi connectivity index (χ2v) is 9.59. The summed E-state index contributed by atoms with van der Waals surface area (Å²) in [6.45, 7) is 0.588. The summed E-state index contributed by atoms with van der Waals surface area (Å²) in [4.78, 5) is 43.6. The van der Waals surface area contributed by atoms with Gasteiger partial charge in [-0.25, -0.2) is 9.97 Å². The highest BCUT2D eigenvalue weighted by Gasteiger charge is 2.28. The van der Waals surface area contributed by atoms with Gasteiger partial charge in [-0.3, -0.25) is 9.59 Å². The number of fused-ring (bicyclic) bond motifs is 2. The minimum absolute atomic E-state index is 0.136. The highest BCUT2D eigenvalue weighted by molar-refractivity contribution is 7.20. The number of hydrogen-bond donors (Lipinski definition) is 1. The Hall–Kier alpha value is -3.14. The molecule has 8 nitrogen and oxygen atoms in total. The van der Waals surface area contributed by atoms with E-state index in [4.69, 9.17) is 28.0 Å². The molecule has 1 aliphatic heterocycles. The fourth-order valence-electron chi connectivity index (χ4n) is 3.86. The number of benzene rings is 1. The standard InChI is InChI=1S/C23H19Cl2N5O3S/c1-33-30-21(31)16-12-29(22(32)18-11-14-3-2-9-26-20(14)34-18)10-8-17(16)27-23(30)28-19(25)13-4-6-15(24)7-5-13/h2-7,9,11,19H,8,10,12H2,1H3,(H,27,28). The average molecular weight is 516 g/mol. The molecule has 174 valence electrons. The van der Waals surface area contributed by atoms with Gasteiger partial charge >= 0.3 is 0 Å². The zero-order valence-corrected chi connectivity index (χ0v) is 20.3. The topological polar surface area (TPSA) is 89.4 Å². The molecule has 1 aromatic carbocycles. The second-order valence-electron chi connectivity index (χ2n) is 7.69. The first kappa shape index (κ1) is 22.6. The van der Waals surface area contributed by atoms with Crippen LogP contribution in [-0.4, -0.2) is 39.2 Å². The number of rotatable bonds is 5. The molecule has 4 aromatic rings. The van der Waals surface area contributed by atoms with Crippen LogP contribution >= 0.6 is 34.5 Å². The van der Waals surface area contributed by atoms with Gasteiger partial charge in [0.2, 0.25) is 5.95 Å². The number of halogens is 2. The van der Waals surface area contributed by atoms with Crippen molar-refractivity contribution in [1.29, 1.82) is 0 Å². The van der Waals surface area contributed by atoms with Crippen LogP contribution in [0.2, 0.25) is 5.02 Å². The number of anilines is 1. The molecule has 5 rings (SSSR count).